The maximum Gasteiger partial charge on any atom is 0.132 e. The number of nitriles is 1. The minimum absolute atomic E-state index is 0.577. The second-order valence-corrected chi connectivity index (χ2v) is 4.06. The molecule has 0 aliphatic rings. The van der Waals surface area contributed by atoms with Crippen LogP contribution in [-0.2, 0) is 0 Å². The van der Waals surface area contributed by atoms with E-state index >= 15 is 0 Å². The van der Waals surface area contributed by atoms with Crippen LogP contribution in [0.25, 0.3) is 11.3 Å². The maximum absolute atomic E-state index is 8.99. The quantitative estimate of drug-likeness (QED) is 0.835. The van der Waals surface area contributed by atoms with Crippen molar-refractivity contribution in [2.45, 2.75) is 0 Å². The Morgan fingerprint density at radius 3 is 2.76 bits per heavy atom. The lowest BCUT2D eigenvalue weighted by atomic mass is 10.1. The molecule has 0 radical (unpaired) electrons. The van der Waals surface area contributed by atoms with E-state index in [-0.39, 0.29) is 0 Å². The summed E-state index contributed by atoms with van der Waals surface area (Å²) in [5.41, 5.74) is 3.10. The SMILES string of the molecule is COc1ccc(-c2ncsc2C#N)c(OC)c1. The van der Waals surface area contributed by atoms with Crippen molar-refractivity contribution in [3.8, 4) is 28.8 Å². The fourth-order valence-electron chi connectivity index (χ4n) is 1.51. The van der Waals surface area contributed by atoms with Crippen LogP contribution in [0.4, 0.5) is 0 Å². The minimum Gasteiger partial charge on any atom is -0.497 e. The number of hydrogen-bond donors (Lipinski definition) is 0. The number of methoxy groups -OCH3 is 2. The van der Waals surface area contributed by atoms with Crippen molar-refractivity contribution < 1.29 is 9.47 Å². The van der Waals surface area contributed by atoms with Gasteiger partial charge in [-0.3, -0.25) is 0 Å². The van der Waals surface area contributed by atoms with Crippen LogP contribution in [0.15, 0.2) is 23.7 Å². The van der Waals surface area contributed by atoms with E-state index < -0.39 is 0 Å². The first-order chi connectivity index (χ1) is 8.30. The van der Waals surface area contributed by atoms with Gasteiger partial charge in [0.25, 0.3) is 0 Å². The molecule has 1 aromatic heterocycles. The van der Waals surface area contributed by atoms with Crippen molar-refractivity contribution in [1.29, 1.82) is 5.26 Å². The van der Waals surface area contributed by atoms with Crippen LogP contribution in [0.5, 0.6) is 11.5 Å². The van der Waals surface area contributed by atoms with Crippen molar-refractivity contribution in [2.24, 2.45) is 0 Å². The van der Waals surface area contributed by atoms with Crippen molar-refractivity contribution in [2.75, 3.05) is 14.2 Å². The molecule has 0 aliphatic heterocycles. The Hall–Kier alpha value is -2.06. The molecule has 0 atom stereocenters. The van der Waals surface area contributed by atoms with E-state index in [1.54, 1.807) is 25.8 Å². The normalized spacial score (nSPS) is 9.71. The summed E-state index contributed by atoms with van der Waals surface area (Å²) >= 11 is 1.31. The topological polar surface area (TPSA) is 55.1 Å². The number of rotatable bonds is 3. The molecular weight excluding hydrogens is 236 g/mol. The van der Waals surface area contributed by atoms with E-state index in [0.29, 0.717) is 22.1 Å². The number of benzene rings is 1. The summed E-state index contributed by atoms with van der Waals surface area (Å²) < 4.78 is 10.4. The standard InChI is InChI=1S/C12H10N2O2S/c1-15-8-3-4-9(10(5-8)16-2)12-11(6-13)17-7-14-12/h3-5,7H,1-2H3. The Balaban J connectivity index is 2.56. The molecule has 0 bridgehead atoms. The molecule has 2 rings (SSSR count). The Bertz CT molecular complexity index is 572. The lowest BCUT2D eigenvalue weighted by Crippen LogP contribution is -1.91. The molecule has 4 nitrogen and oxygen atoms in total. The summed E-state index contributed by atoms with van der Waals surface area (Å²) in [5.74, 6) is 1.35. The summed E-state index contributed by atoms with van der Waals surface area (Å²) in [6, 6.07) is 7.56. The summed E-state index contributed by atoms with van der Waals surface area (Å²) in [6.07, 6.45) is 0. The predicted octanol–water partition coefficient (Wildman–Crippen LogP) is 2.70. The van der Waals surface area contributed by atoms with Crippen LogP contribution in [0, 0.1) is 11.3 Å². The highest BCUT2D eigenvalue weighted by atomic mass is 32.1. The lowest BCUT2D eigenvalue weighted by Gasteiger charge is -2.08. The van der Waals surface area contributed by atoms with Gasteiger partial charge >= 0.3 is 0 Å². The van der Waals surface area contributed by atoms with E-state index in [0.717, 1.165) is 5.56 Å². The van der Waals surface area contributed by atoms with Crippen LogP contribution >= 0.6 is 11.3 Å². The minimum atomic E-state index is 0.577. The molecule has 0 unspecified atom stereocenters. The molecule has 0 fully saturated rings. The fraction of sp³-hybridized carbons (Fsp3) is 0.167. The third-order valence-corrected chi connectivity index (χ3v) is 3.06. The van der Waals surface area contributed by atoms with Gasteiger partial charge in [-0.05, 0) is 12.1 Å². The van der Waals surface area contributed by atoms with Gasteiger partial charge in [-0.15, -0.1) is 11.3 Å². The first-order valence-corrected chi connectivity index (χ1v) is 5.74. The molecule has 0 saturated heterocycles. The van der Waals surface area contributed by atoms with Crippen LogP contribution < -0.4 is 9.47 Å². The zero-order valence-corrected chi connectivity index (χ0v) is 10.2. The predicted molar refractivity (Wildman–Crippen MR) is 65.4 cm³/mol. The van der Waals surface area contributed by atoms with E-state index in [1.165, 1.54) is 11.3 Å². The second-order valence-electron chi connectivity index (χ2n) is 3.21. The number of ether oxygens (including phenoxy) is 2. The van der Waals surface area contributed by atoms with Crippen molar-refractivity contribution in [3.63, 3.8) is 0 Å². The summed E-state index contributed by atoms with van der Waals surface area (Å²) in [7, 11) is 3.18. The highest BCUT2D eigenvalue weighted by molar-refractivity contribution is 7.10. The number of aromatic nitrogens is 1. The van der Waals surface area contributed by atoms with Crippen molar-refractivity contribution in [1.82, 2.24) is 4.98 Å². The molecule has 5 heteroatoms. The molecule has 0 saturated carbocycles. The van der Waals surface area contributed by atoms with E-state index in [9.17, 15) is 0 Å². The molecule has 1 aromatic carbocycles. The van der Waals surface area contributed by atoms with Gasteiger partial charge in [0.2, 0.25) is 0 Å². The molecular formula is C12H10N2O2S. The van der Waals surface area contributed by atoms with Crippen LogP contribution in [0.1, 0.15) is 4.88 Å². The molecule has 2 aromatic rings. The number of nitrogens with zero attached hydrogens (tertiary/aromatic N) is 2. The molecule has 0 spiro atoms. The Labute approximate surface area is 103 Å². The number of hydrogen-bond acceptors (Lipinski definition) is 5. The highest BCUT2D eigenvalue weighted by Gasteiger charge is 2.13. The van der Waals surface area contributed by atoms with Crippen LogP contribution in [0.2, 0.25) is 0 Å². The summed E-state index contributed by atoms with van der Waals surface area (Å²) in [5, 5.41) is 8.99. The maximum atomic E-state index is 8.99. The zero-order chi connectivity index (χ0) is 12.3. The molecule has 17 heavy (non-hydrogen) atoms. The molecule has 86 valence electrons. The lowest BCUT2D eigenvalue weighted by molar-refractivity contribution is 0.395. The molecule has 0 N–H and O–H groups in total. The Morgan fingerprint density at radius 1 is 1.29 bits per heavy atom. The van der Waals surface area contributed by atoms with E-state index in [2.05, 4.69) is 11.1 Å². The fourth-order valence-corrected chi connectivity index (χ4v) is 2.10. The van der Waals surface area contributed by atoms with Gasteiger partial charge in [-0.25, -0.2) is 4.98 Å². The first kappa shape index (κ1) is 11.4. The Kier molecular flexibility index (Phi) is 3.26. The zero-order valence-electron chi connectivity index (χ0n) is 9.43. The third kappa shape index (κ3) is 2.08. The van der Waals surface area contributed by atoms with Crippen LogP contribution in [0.3, 0.4) is 0 Å². The van der Waals surface area contributed by atoms with Gasteiger partial charge in [-0.2, -0.15) is 5.26 Å². The summed E-state index contributed by atoms with van der Waals surface area (Å²) in [4.78, 5) is 4.77. The van der Waals surface area contributed by atoms with Gasteiger partial charge in [0, 0.05) is 11.6 Å². The molecule has 0 aliphatic carbocycles. The molecule has 0 amide bonds. The monoisotopic (exact) mass is 246 g/mol. The Morgan fingerprint density at radius 2 is 2.12 bits per heavy atom. The average molecular weight is 246 g/mol. The number of thiazole rings is 1. The second kappa shape index (κ2) is 4.85. The van der Waals surface area contributed by atoms with E-state index in [1.807, 2.05) is 12.1 Å². The van der Waals surface area contributed by atoms with E-state index in [4.69, 9.17) is 14.7 Å². The largest absolute Gasteiger partial charge is 0.497 e. The van der Waals surface area contributed by atoms with Crippen molar-refractivity contribution in [3.05, 3.63) is 28.6 Å². The summed E-state index contributed by atoms with van der Waals surface area (Å²) in [6.45, 7) is 0. The van der Waals surface area contributed by atoms with Gasteiger partial charge in [0.1, 0.15) is 28.1 Å². The molecule has 1 heterocycles. The smallest absolute Gasteiger partial charge is 0.132 e. The van der Waals surface area contributed by atoms with Crippen LogP contribution in [-0.4, -0.2) is 19.2 Å². The first-order valence-electron chi connectivity index (χ1n) is 4.86. The van der Waals surface area contributed by atoms with Gasteiger partial charge in [-0.1, -0.05) is 0 Å². The third-order valence-electron chi connectivity index (χ3n) is 2.33. The van der Waals surface area contributed by atoms with Gasteiger partial charge in [0.15, 0.2) is 0 Å². The van der Waals surface area contributed by atoms with Crippen molar-refractivity contribution >= 4 is 11.3 Å². The average Bonchev–Trinajstić information content (AvgIpc) is 2.85. The van der Waals surface area contributed by atoms with Gasteiger partial charge < -0.3 is 9.47 Å². The van der Waals surface area contributed by atoms with Gasteiger partial charge in [0.05, 0.1) is 19.7 Å². The highest BCUT2D eigenvalue weighted by Crippen LogP contribution is 2.35.